The molecule has 0 aliphatic heterocycles. The molecule has 0 spiro atoms. The predicted molar refractivity (Wildman–Crippen MR) is 155 cm³/mol. The Hall–Kier alpha value is -3.82. The maximum Gasteiger partial charge on any atom is 0.241 e. The molecule has 1 amide bonds. The number of sulfonamides is 1. The molecule has 1 N–H and O–H groups in total. The van der Waals surface area contributed by atoms with Crippen LogP contribution < -0.4 is 9.62 Å². The first-order valence-corrected chi connectivity index (χ1v) is 15.4. The number of carbonyl (C=O) groups excluding carboxylic acids is 1. The largest absolute Gasteiger partial charge is 0.337 e. The van der Waals surface area contributed by atoms with Crippen LogP contribution in [0.4, 0.5) is 10.1 Å². The summed E-state index contributed by atoms with van der Waals surface area (Å²) in [4.78, 5) is 20.4. The van der Waals surface area contributed by atoms with Crippen LogP contribution in [0.3, 0.4) is 0 Å². The molecule has 2 aliphatic rings. The van der Waals surface area contributed by atoms with Gasteiger partial charge in [0.25, 0.3) is 0 Å². The number of halogens is 1. The molecule has 1 heterocycles. The lowest BCUT2D eigenvalue weighted by Crippen LogP contribution is -2.34. The van der Waals surface area contributed by atoms with Crippen molar-refractivity contribution in [1.82, 2.24) is 14.3 Å². The van der Waals surface area contributed by atoms with Crippen LogP contribution in [0.25, 0.3) is 0 Å². The van der Waals surface area contributed by atoms with Crippen molar-refractivity contribution in [1.29, 1.82) is 0 Å². The minimum atomic E-state index is -3.73. The molecule has 9 heteroatoms. The van der Waals surface area contributed by atoms with E-state index < -0.39 is 16.1 Å². The van der Waals surface area contributed by atoms with Gasteiger partial charge < -0.3 is 9.47 Å². The molecule has 7 nitrogen and oxygen atoms in total. The van der Waals surface area contributed by atoms with E-state index in [1.807, 2.05) is 49.0 Å². The average molecular weight is 573 g/mol. The smallest absolute Gasteiger partial charge is 0.241 e. The van der Waals surface area contributed by atoms with E-state index in [4.69, 9.17) is 0 Å². The summed E-state index contributed by atoms with van der Waals surface area (Å²) < 4.78 is 45.2. The highest BCUT2D eigenvalue weighted by atomic mass is 32.2. The van der Waals surface area contributed by atoms with Crippen molar-refractivity contribution in [2.75, 3.05) is 4.90 Å². The first-order chi connectivity index (χ1) is 19.7. The number of hydrogen-bond acceptors (Lipinski definition) is 4. The molecule has 1 saturated carbocycles. The number of aromatic nitrogens is 2. The number of rotatable bonds is 8. The number of benzene rings is 3. The predicted octanol–water partition coefficient (Wildman–Crippen LogP) is 5.56. The molecule has 3 atom stereocenters. The van der Waals surface area contributed by atoms with Crippen LogP contribution in [0.5, 0.6) is 0 Å². The third-order valence-electron chi connectivity index (χ3n) is 8.26. The van der Waals surface area contributed by atoms with Crippen LogP contribution in [-0.2, 0) is 34.8 Å². The molecule has 41 heavy (non-hydrogen) atoms. The van der Waals surface area contributed by atoms with Gasteiger partial charge in [0.05, 0.1) is 11.4 Å². The second-order valence-electron chi connectivity index (χ2n) is 11.1. The van der Waals surface area contributed by atoms with Gasteiger partial charge >= 0.3 is 0 Å². The second-order valence-corrected chi connectivity index (χ2v) is 12.9. The van der Waals surface area contributed by atoms with Gasteiger partial charge in [-0.1, -0.05) is 35.9 Å². The summed E-state index contributed by atoms with van der Waals surface area (Å²) >= 11 is 0. The van der Waals surface area contributed by atoms with E-state index in [1.54, 1.807) is 41.4 Å². The molecule has 6 rings (SSSR count). The first-order valence-electron chi connectivity index (χ1n) is 13.9. The zero-order valence-corrected chi connectivity index (χ0v) is 23.9. The summed E-state index contributed by atoms with van der Waals surface area (Å²) in [5.41, 5.74) is 4.48. The number of nitrogens with zero attached hydrogens (tertiary/aromatic N) is 3. The third-order valence-corrected chi connectivity index (χ3v) is 9.74. The molecule has 1 aromatic heterocycles. The van der Waals surface area contributed by atoms with Gasteiger partial charge in [-0.05, 0) is 91.6 Å². The van der Waals surface area contributed by atoms with E-state index in [0.29, 0.717) is 18.5 Å². The van der Waals surface area contributed by atoms with Crippen LogP contribution in [0.2, 0.25) is 0 Å². The number of imidazole rings is 1. The normalized spacial score (nSPS) is 19.9. The summed E-state index contributed by atoms with van der Waals surface area (Å²) in [5, 5.41) is 0. The monoisotopic (exact) mass is 572 g/mol. The van der Waals surface area contributed by atoms with Gasteiger partial charge in [0.1, 0.15) is 11.6 Å². The Balaban J connectivity index is 1.31. The highest BCUT2D eigenvalue weighted by Crippen LogP contribution is 2.49. The van der Waals surface area contributed by atoms with E-state index in [0.717, 1.165) is 40.9 Å². The lowest BCUT2D eigenvalue weighted by molar-refractivity contribution is -0.120. The highest BCUT2D eigenvalue weighted by Gasteiger charge is 2.46. The van der Waals surface area contributed by atoms with Gasteiger partial charge in [0.15, 0.2) is 0 Å². The fourth-order valence-corrected chi connectivity index (χ4v) is 7.06. The van der Waals surface area contributed by atoms with E-state index in [1.165, 1.54) is 12.1 Å². The fraction of sp³-hybridized carbons (Fsp3) is 0.312. The number of aryl methyl sites for hydroxylation is 3. The molecular formula is C32H33FN4O3S. The molecule has 2 aliphatic carbocycles. The SMILES string of the molecule is Cc1ccc(S(=O)(=O)N[C@@H]2CCCc3ccc(N(Cc4nccn4C)C(=O)[C@H]4C[C@H]4c4cccc(F)c4)cc32)cc1. The first kappa shape index (κ1) is 27.4. The summed E-state index contributed by atoms with van der Waals surface area (Å²) in [6, 6.07) is 18.8. The molecule has 3 aromatic carbocycles. The lowest BCUT2D eigenvalue weighted by Gasteiger charge is -2.29. The maximum absolute atomic E-state index is 14.0. The van der Waals surface area contributed by atoms with E-state index in [-0.39, 0.29) is 35.0 Å². The quantitative estimate of drug-likeness (QED) is 0.300. The molecule has 0 unspecified atom stereocenters. The van der Waals surface area contributed by atoms with Crippen LogP contribution in [0.1, 0.15) is 59.3 Å². The Morgan fingerprint density at radius 2 is 1.93 bits per heavy atom. The van der Waals surface area contributed by atoms with Gasteiger partial charge in [-0.3, -0.25) is 4.79 Å². The van der Waals surface area contributed by atoms with Crippen molar-refractivity contribution in [2.24, 2.45) is 13.0 Å². The van der Waals surface area contributed by atoms with Crippen molar-refractivity contribution in [3.63, 3.8) is 0 Å². The number of amides is 1. The van der Waals surface area contributed by atoms with E-state index in [9.17, 15) is 17.6 Å². The van der Waals surface area contributed by atoms with Gasteiger partial charge in [-0.2, -0.15) is 0 Å². The van der Waals surface area contributed by atoms with Crippen LogP contribution >= 0.6 is 0 Å². The Morgan fingerprint density at radius 1 is 1.12 bits per heavy atom. The molecule has 0 bridgehead atoms. The van der Waals surface area contributed by atoms with Crippen LogP contribution in [-0.4, -0.2) is 23.9 Å². The van der Waals surface area contributed by atoms with Crippen molar-refractivity contribution in [3.05, 3.63) is 113 Å². The number of hydrogen-bond donors (Lipinski definition) is 1. The molecule has 0 saturated heterocycles. The molecular weight excluding hydrogens is 539 g/mol. The van der Waals surface area contributed by atoms with Crippen LogP contribution in [0, 0.1) is 18.7 Å². The fourth-order valence-electron chi connectivity index (χ4n) is 5.81. The van der Waals surface area contributed by atoms with Crippen molar-refractivity contribution in [2.45, 2.75) is 56.0 Å². The average Bonchev–Trinajstić information content (AvgIpc) is 3.66. The molecule has 1 fully saturated rings. The summed E-state index contributed by atoms with van der Waals surface area (Å²) in [6.45, 7) is 2.19. The second kappa shape index (κ2) is 10.9. The standard InChI is InChI=1S/C32H33FN4O3S/c1-21-9-13-26(14-10-21)41(39,40)35-30-8-4-5-22-11-12-25(18-28(22)30)37(20-31-34-15-16-36(31)2)32(38)29-19-27(29)23-6-3-7-24(33)17-23/h3,6-7,9-18,27,29-30,35H,4-5,8,19-20H2,1-2H3/t27-,29-,30+/m0/s1. The Morgan fingerprint density at radius 3 is 2.66 bits per heavy atom. The summed E-state index contributed by atoms with van der Waals surface area (Å²) in [5.74, 6) is 0.0856. The summed E-state index contributed by atoms with van der Waals surface area (Å²) in [7, 11) is -1.85. The minimum absolute atomic E-state index is 0.0336. The highest BCUT2D eigenvalue weighted by molar-refractivity contribution is 7.89. The maximum atomic E-state index is 14.0. The van der Waals surface area contributed by atoms with Crippen molar-refractivity contribution < 1.29 is 17.6 Å². The minimum Gasteiger partial charge on any atom is -0.337 e. The summed E-state index contributed by atoms with van der Waals surface area (Å²) in [6.07, 6.45) is 6.57. The van der Waals surface area contributed by atoms with E-state index in [2.05, 4.69) is 9.71 Å². The zero-order chi connectivity index (χ0) is 28.7. The van der Waals surface area contributed by atoms with Gasteiger partial charge in [0, 0.05) is 37.1 Å². The van der Waals surface area contributed by atoms with Gasteiger partial charge in [-0.25, -0.2) is 22.5 Å². The molecule has 212 valence electrons. The third kappa shape index (κ3) is 5.69. The van der Waals surface area contributed by atoms with E-state index >= 15 is 0 Å². The number of fused-ring (bicyclic) bond motifs is 1. The molecule has 0 radical (unpaired) electrons. The van der Waals surface area contributed by atoms with Gasteiger partial charge in [0.2, 0.25) is 15.9 Å². The topological polar surface area (TPSA) is 84.3 Å². The Labute approximate surface area is 240 Å². The van der Waals surface area contributed by atoms with Crippen molar-refractivity contribution >= 4 is 21.6 Å². The molecule has 4 aromatic rings. The van der Waals surface area contributed by atoms with Crippen molar-refractivity contribution in [3.8, 4) is 0 Å². The number of anilines is 1. The Kier molecular flexibility index (Phi) is 7.25. The number of nitrogens with one attached hydrogen (secondary N) is 1. The van der Waals surface area contributed by atoms with Crippen LogP contribution in [0.15, 0.2) is 84.0 Å². The Bertz CT molecular complexity index is 1700. The zero-order valence-electron chi connectivity index (χ0n) is 23.1. The van der Waals surface area contributed by atoms with Gasteiger partial charge in [-0.15, -0.1) is 0 Å². The number of carbonyl (C=O) groups is 1. The lowest BCUT2D eigenvalue weighted by atomic mass is 9.87.